The molecule has 2 aromatic heterocycles. The fraction of sp³-hybridized carbons (Fsp3) is 0.545. The Morgan fingerprint density at radius 2 is 2.07 bits per heavy atom. The average molecular weight is 383 g/mol. The highest BCUT2D eigenvalue weighted by Gasteiger charge is 2.26. The average Bonchev–Trinajstić information content (AvgIpc) is 2.72. The first-order valence-corrected chi connectivity index (χ1v) is 10.1. The molecule has 0 saturated carbocycles. The van der Waals surface area contributed by atoms with Crippen LogP contribution < -0.4 is 14.2 Å². The molecule has 0 spiro atoms. The third-order valence-corrected chi connectivity index (χ3v) is 5.68. The van der Waals surface area contributed by atoms with Crippen molar-refractivity contribution in [3.63, 3.8) is 0 Å². The Labute approximate surface area is 166 Å². The normalized spacial score (nSPS) is 20.6. The zero-order valence-corrected chi connectivity index (χ0v) is 17.0. The fourth-order valence-electron chi connectivity index (χ4n) is 4.24. The van der Waals surface area contributed by atoms with Crippen LogP contribution in [0.5, 0.6) is 17.5 Å². The van der Waals surface area contributed by atoms with E-state index >= 15 is 0 Å². The van der Waals surface area contributed by atoms with Crippen LogP contribution >= 0.6 is 0 Å². The van der Waals surface area contributed by atoms with Crippen LogP contribution in [0, 0.1) is 12.8 Å². The van der Waals surface area contributed by atoms with Gasteiger partial charge in [0.1, 0.15) is 13.2 Å². The minimum atomic E-state index is 0.257. The van der Waals surface area contributed by atoms with Crippen LogP contribution in [0.15, 0.2) is 24.3 Å². The Morgan fingerprint density at radius 3 is 2.93 bits per heavy atom. The molecule has 4 rings (SSSR count). The molecule has 0 bridgehead atoms. The van der Waals surface area contributed by atoms with E-state index in [1.807, 2.05) is 13.0 Å². The Bertz CT molecular complexity index is 827. The molecule has 1 unspecified atom stereocenters. The van der Waals surface area contributed by atoms with Crippen LogP contribution in [0.1, 0.15) is 42.8 Å². The number of fused-ring (bicyclic) bond motifs is 1. The smallest absolute Gasteiger partial charge is 0.257 e. The van der Waals surface area contributed by atoms with E-state index in [-0.39, 0.29) is 6.04 Å². The van der Waals surface area contributed by atoms with Crippen LogP contribution in [0.3, 0.4) is 0 Å². The van der Waals surface area contributed by atoms with Gasteiger partial charge in [-0.1, -0.05) is 0 Å². The number of rotatable bonds is 5. The molecule has 0 N–H and O–H groups in total. The van der Waals surface area contributed by atoms with Gasteiger partial charge < -0.3 is 14.2 Å². The van der Waals surface area contributed by atoms with E-state index in [1.54, 1.807) is 7.11 Å². The van der Waals surface area contributed by atoms with E-state index in [0.29, 0.717) is 30.9 Å². The van der Waals surface area contributed by atoms with Gasteiger partial charge in [-0.15, -0.1) is 0 Å². The first-order valence-electron chi connectivity index (χ1n) is 10.1. The molecule has 2 atom stereocenters. The highest BCUT2D eigenvalue weighted by molar-refractivity contribution is 5.36. The number of nitrogens with zero attached hydrogens (tertiary/aromatic N) is 3. The van der Waals surface area contributed by atoms with Crippen molar-refractivity contribution in [2.24, 2.45) is 5.92 Å². The Kier molecular flexibility index (Phi) is 5.67. The topological polar surface area (TPSA) is 56.7 Å². The highest BCUT2D eigenvalue weighted by atomic mass is 16.6. The molecule has 4 heterocycles. The summed E-state index contributed by atoms with van der Waals surface area (Å²) in [5, 5.41) is 0. The zero-order valence-electron chi connectivity index (χ0n) is 17.0. The van der Waals surface area contributed by atoms with Gasteiger partial charge in [-0.05, 0) is 69.3 Å². The van der Waals surface area contributed by atoms with E-state index in [2.05, 4.69) is 35.0 Å². The van der Waals surface area contributed by atoms with Crippen LogP contribution in [0.4, 0.5) is 0 Å². The maximum Gasteiger partial charge on any atom is 0.257 e. The molecule has 0 aliphatic carbocycles. The first-order chi connectivity index (χ1) is 13.6. The van der Waals surface area contributed by atoms with Crippen molar-refractivity contribution in [2.45, 2.75) is 39.2 Å². The standard InChI is InChI=1S/C22H29N3O3/c1-15-11-18(13-21(23-15)26-3)12-17-5-4-8-25(14-17)16(2)19-6-7-20-22(24-19)28-10-9-27-20/h6-7,11,13,16-17H,4-5,8-10,12,14H2,1-3H3/t16?,17-/m1/s1. The lowest BCUT2D eigenvalue weighted by Crippen LogP contribution is -2.38. The van der Waals surface area contributed by atoms with Crippen molar-refractivity contribution in [1.29, 1.82) is 0 Å². The number of likely N-dealkylation sites (tertiary alicyclic amines) is 1. The van der Waals surface area contributed by atoms with E-state index in [9.17, 15) is 0 Å². The summed E-state index contributed by atoms with van der Waals surface area (Å²) in [5.74, 6) is 2.71. The predicted octanol–water partition coefficient (Wildman–Crippen LogP) is 3.58. The molecule has 2 aliphatic heterocycles. The van der Waals surface area contributed by atoms with Gasteiger partial charge in [-0.3, -0.25) is 4.90 Å². The number of methoxy groups -OCH3 is 1. The number of piperidine rings is 1. The van der Waals surface area contributed by atoms with Crippen molar-refractivity contribution < 1.29 is 14.2 Å². The number of hydrogen-bond donors (Lipinski definition) is 0. The number of aryl methyl sites for hydroxylation is 1. The summed E-state index contributed by atoms with van der Waals surface area (Å²) in [7, 11) is 1.68. The van der Waals surface area contributed by atoms with Gasteiger partial charge in [0.2, 0.25) is 5.88 Å². The van der Waals surface area contributed by atoms with Gasteiger partial charge in [0.15, 0.2) is 5.75 Å². The van der Waals surface area contributed by atoms with Crippen molar-refractivity contribution in [3.05, 3.63) is 41.2 Å². The summed E-state index contributed by atoms with van der Waals surface area (Å²) in [6.07, 6.45) is 3.51. The summed E-state index contributed by atoms with van der Waals surface area (Å²) in [6, 6.07) is 8.55. The van der Waals surface area contributed by atoms with E-state index < -0.39 is 0 Å². The largest absolute Gasteiger partial charge is 0.484 e. The van der Waals surface area contributed by atoms with Crippen LogP contribution in [0.25, 0.3) is 0 Å². The van der Waals surface area contributed by atoms with Gasteiger partial charge in [-0.25, -0.2) is 9.97 Å². The second-order valence-corrected chi connectivity index (χ2v) is 7.78. The molecule has 0 radical (unpaired) electrons. The molecular formula is C22H29N3O3. The monoisotopic (exact) mass is 383 g/mol. The van der Waals surface area contributed by atoms with E-state index in [0.717, 1.165) is 36.6 Å². The van der Waals surface area contributed by atoms with Gasteiger partial charge in [0.05, 0.1) is 12.8 Å². The minimum absolute atomic E-state index is 0.257. The summed E-state index contributed by atoms with van der Waals surface area (Å²) in [4.78, 5) is 11.7. The lowest BCUT2D eigenvalue weighted by molar-refractivity contribution is 0.126. The van der Waals surface area contributed by atoms with E-state index in [1.165, 1.54) is 18.4 Å². The van der Waals surface area contributed by atoms with Crippen molar-refractivity contribution in [3.8, 4) is 17.5 Å². The first kappa shape index (κ1) is 19.0. The Balaban J connectivity index is 1.44. The number of aromatic nitrogens is 2. The Hall–Kier alpha value is -2.34. The molecule has 28 heavy (non-hydrogen) atoms. The van der Waals surface area contributed by atoms with Crippen molar-refractivity contribution in [2.75, 3.05) is 33.4 Å². The molecule has 6 heteroatoms. The van der Waals surface area contributed by atoms with Crippen LogP contribution in [0.2, 0.25) is 0 Å². The summed E-state index contributed by atoms with van der Waals surface area (Å²) in [6.45, 7) is 7.59. The molecule has 6 nitrogen and oxygen atoms in total. The lowest BCUT2D eigenvalue weighted by Gasteiger charge is -2.37. The van der Waals surface area contributed by atoms with Gasteiger partial charge in [-0.2, -0.15) is 0 Å². The molecular weight excluding hydrogens is 354 g/mol. The number of ether oxygens (including phenoxy) is 3. The summed E-state index contributed by atoms with van der Waals surface area (Å²) < 4.78 is 16.6. The lowest BCUT2D eigenvalue weighted by atomic mass is 9.90. The van der Waals surface area contributed by atoms with Crippen LogP contribution in [-0.2, 0) is 6.42 Å². The van der Waals surface area contributed by atoms with Gasteiger partial charge in [0.25, 0.3) is 5.88 Å². The quantitative estimate of drug-likeness (QED) is 0.787. The second kappa shape index (κ2) is 8.35. The number of hydrogen-bond acceptors (Lipinski definition) is 6. The maximum absolute atomic E-state index is 5.66. The summed E-state index contributed by atoms with van der Waals surface area (Å²) in [5.41, 5.74) is 3.36. The van der Waals surface area contributed by atoms with Gasteiger partial charge in [0, 0.05) is 24.3 Å². The molecule has 0 aromatic carbocycles. The maximum atomic E-state index is 5.66. The minimum Gasteiger partial charge on any atom is -0.484 e. The predicted molar refractivity (Wildman–Crippen MR) is 107 cm³/mol. The molecule has 1 fully saturated rings. The molecule has 1 saturated heterocycles. The molecule has 150 valence electrons. The molecule has 2 aliphatic rings. The fourth-order valence-corrected chi connectivity index (χ4v) is 4.24. The SMILES string of the molecule is COc1cc(C[C@H]2CCCN(C(C)c3ccc4c(n3)OCCO4)C2)cc(C)n1. The Morgan fingerprint density at radius 1 is 1.21 bits per heavy atom. The molecule has 0 amide bonds. The summed E-state index contributed by atoms with van der Waals surface area (Å²) >= 11 is 0. The molecule has 2 aromatic rings. The zero-order chi connectivity index (χ0) is 19.5. The third kappa shape index (κ3) is 4.22. The van der Waals surface area contributed by atoms with Crippen molar-refractivity contribution in [1.82, 2.24) is 14.9 Å². The third-order valence-electron chi connectivity index (χ3n) is 5.68. The highest BCUT2D eigenvalue weighted by Crippen LogP contribution is 2.33. The second-order valence-electron chi connectivity index (χ2n) is 7.78. The van der Waals surface area contributed by atoms with E-state index in [4.69, 9.17) is 19.2 Å². The van der Waals surface area contributed by atoms with Gasteiger partial charge >= 0.3 is 0 Å². The van der Waals surface area contributed by atoms with Crippen molar-refractivity contribution >= 4 is 0 Å². The van der Waals surface area contributed by atoms with Crippen LogP contribution in [-0.4, -0.2) is 48.3 Å². The number of pyridine rings is 2.